The molecule has 12 heteroatoms. The number of ether oxygens (including phenoxy) is 1. The van der Waals surface area contributed by atoms with Gasteiger partial charge in [-0.1, -0.05) is 24.3 Å². The lowest BCUT2D eigenvalue weighted by Gasteiger charge is -2.15. The zero-order valence-corrected chi connectivity index (χ0v) is 19.2. The quantitative estimate of drug-likeness (QED) is 0.342. The summed E-state index contributed by atoms with van der Waals surface area (Å²) < 4.78 is 95.6. The van der Waals surface area contributed by atoms with E-state index in [4.69, 9.17) is 0 Å². The van der Waals surface area contributed by atoms with Gasteiger partial charge in [-0.2, -0.15) is 27.1 Å². The fourth-order valence-corrected chi connectivity index (χ4v) is 3.41. The Labute approximate surface area is 201 Å². The van der Waals surface area contributed by atoms with Crippen molar-refractivity contribution in [2.24, 2.45) is 0 Å². The first kappa shape index (κ1) is 27.2. The molecule has 5 nitrogen and oxygen atoms in total. The number of benzene rings is 2. The summed E-state index contributed by atoms with van der Waals surface area (Å²) in [6, 6.07) is 10.6. The molecule has 1 aromatic heterocycles. The summed E-state index contributed by atoms with van der Waals surface area (Å²) in [4.78, 5) is 12.8. The third kappa shape index (κ3) is 6.62. The lowest BCUT2D eigenvalue weighted by Crippen LogP contribution is -2.32. The molecule has 0 saturated heterocycles. The number of carbonyl (C=O) groups excluding carboxylic acids is 1. The van der Waals surface area contributed by atoms with Gasteiger partial charge in [-0.25, -0.2) is 8.78 Å². The molecule has 2 aromatic carbocycles. The predicted octanol–water partition coefficient (Wildman–Crippen LogP) is 6.24. The van der Waals surface area contributed by atoms with Crippen LogP contribution in [0.4, 0.5) is 36.4 Å². The first-order valence-corrected chi connectivity index (χ1v) is 10.6. The average Bonchev–Trinajstić information content (AvgIpc) is 3.06. The van der Waals surface area contributed by atoms with E-state index in [1.807, 2.05) is 0 Å². The van der Waals surface area contributed by atoms with E-state index in [-0.39, 0.29) is 12.1 Å². The normalized spacial score (nSPS) is 12.3. The lowest BCUT2D eigenvalue weighted by molar-refractivity contribution is -0.168. The smallest absolute Gasteiger partial charge is 0.370 e. The zero-order chi connectivity index (χ0) is 26.7. The van der Waals surface area contributed by atoms with Gasteiger partial charge in [-0.15, -0.1) is 0 Å². The molecule has 0 saturated carbocycles. The molecular weight excluding hydrogens is 495 g/mol. The van der Waals surface area contributed by atoms with Gasteiger partial charge in [0.2, 0.25) is 0 Å². The summed E-state index contributed by atoms with van der Waals surface area (Å²) in [5.41, 5.74) is 1.37. The molecule has 1 N–H and O–H groups in total. The Hall–Kier alpha value is -3.41. The predicted molar refractivity (Wildman–Crippen MR) is 117 cm³/mol. The van der Waals surface area contributed by atoms with Crippen LogP contribution in [0.25, 0.3) is 0 Å². The first-order chi connectivity index (χ1) is 16.8. The van der Waals surface area contributed by atoms with Crippen LogP contribution in [-0.4, -0.2) is 34.6 Å². The topological polar surface area (TPSA) is 56.2 Å². The zero-order valence-electron chi connectivity index (χ0n) is 19.2. The Balaban J connectivity index is 1.70. The van der Waals surface area contributed by atoms with E-state index >= 15 is 0 Å². The molecule has 1 amide bonds. The highest BCUT2D eigenvalue weighted by Gasteiger charge is 2.41. The highest BCUT2D eigenvalue weighted by atomic mass is 19.4. The molecule has 0 aliphatic carbocycles. The summed E-state index contributed by atoms with van der Waals surface area (Å²) in [6.45, 7) is 1.44. The minimum absolute atomic E-state index is 0.0442. The standard InChI is InChI=1S/C24H22F7N3O2/c1-14-20(15(2)34(33-14)11-16-5-4-8-19(10-16)24(29,30)31)32-21(35)18-7-3-6-17(9-18)12-36-13-23(27,28)22(25)26/h3-10,22H,11-13H2,1-2H3,(H,32,35). The molecular formula is C24H22F7N3O2. The molecule has 0 aliphatic rings. The molecule has 1 heterocycles. The third-order valence-electron chi connectivity index (χ3n) is 5.28. The van der Waals surface area contributed by atoms with E-state index in [2.05, 4.69) is 15.2 Å². The van der Waals surface area contributed by atoms with Gasteiger partial charge in [0.15, 0.2) is 0 Å². The Bertz CT molecular complexity index is 1220. The van der Waals surface area contributed by atoms with E-state index < -0.39 is 43.2 Å². The highest BCUT2D eigenvalue weighted by molar-refractivity contribution is 6.05. The summed E-state index contributed by atoms with van der Waals surface area (Å²) in [5.74, 6) is -4.84. The van der Waals surface area contributed by atoms with Crippen molar-refractivity contribution in [3.05, 3.63) is 82.2 Å². The molecule has 194 valence electrons. The van der Waals surface area contributed by atoms with E-state index in [1.165, 1.54) is 41.1 Å². The van der Waals surface area contributed by atoms with Crippen LogP contribution < -0.4 is 5.32 Å². The molecule has 3 rings (SSSR count). The Morgan fingerprint density at radius 1 is 1.03 bits per heavy atom. The summed E-state index contributed by atoms with van der Waals surface area (Å²) in [6.07, 6.45) is -8.33. The van der Waals surface area contributed by atoms with Gasteiger partial charge in [0.1, 0.15) is 6.61 Å². The number of hydrogen-bond donors (Lipinski definition) is 1. The molecule has 0 fully saturated rings. The number of halogens is 7. The van der Waals surface area contributed by atoms with Gasteiger partial charge in [-0.3, -0.25) is 9.48 Å². The number of hydrogen-bond acceptors (Lipinski definition) is 3. The molecule has 0 aliphatic heterocycles. The monoisotopic (exact) mass is 517 g/mol. The third-order valence-corrected chi connectivity index (χ3v) is 5.28. The van der Waals surface area contributed by atoms with Crippen LogP contribution in [0.1, 0.15) is 38.4 Å². The maximum absolute atomic E-state index is 13.0. The molecule has 0 atom stereocenters. The molecule has 36 heavy (non-hydrogen) atoms. The van der Waals surface area contributed by atoms with E-state index in [0.29, 0.717) is 28.2 Å². The van der Waals surface area contributed by atoms with Crippen LogP contribution in [0.3, 0.4) is 0 Å². The average molecular weight is 517 g/mol. The fraction of sp³-hybridized carbons (Fsp3) is 0.333. The molecule has 3 aromatic rings. The van der Waals surface area contributed by atoms with Crippen LogP contribution in [-0.2, 0) is 24.1 Å². The van der Waals surface area contributed by atoms with Crippen LogP contribution in [0, 0.1) is 13.8 Å². The highest BCUT2D eigenvalue weighted by Crippen LogP contribution is 2.30. The van der Waals surface area contributed by atoms with Gasteiger partial charge in [0.25, 0.3) is 5.91 Å². The Kier molecular flexibility index (Phi) is 8.07. The van der Waals surface area contributed by atoms with Gasteiger partial charge >= 0.3 is 18.5 Å². The van der Waals surface area contributed by atoms with Gasteiger partial charge in [-0.05, 0) is 49.2 Å². The van der Waals surface area contributed by atoms with Crippen molar-refractivity contribution in [1.82, 2.24) is 9.78 Å². The largest absolute Gasteiger partial charge is 0.416 e. The van der Waals surface area contributed by atoms with Crippen LogP contribution in [0.5, 0.6) is 0 Å². The maximum atomic E-state index is 13.0. The number of rotatable bonds is 9. The van der Waals surface area contributed by atoms with Crippen LogP contribution in [0.15, 0.2) is 48.5 Å². The van der Waals surface area contributed by atoms with E-state index in [9.17, 15) is 35.5 Å². The number of aryl methyl sites for hydroxylation is 1. The fourth-order valence-electron chi connectivity index (χ4n) is 3.41. The van der Waals surface area contributed by atoms with Crippen molar-refractivity contribution in [2.45, 2.75) is 45.5 Å². The Morgan fingerprint density at radius 3 is 2.36 bits per heavy atom. The van der Waals surface area contributed by atoms with Crippen molar-refractivity contribution in [2.75, 3.05) is 11.9 Å². The number of carbonyl (C=O) groups is 1. The Morgan fingerprint density at radius 2 is 1.69 bits per heavy atom. The number of nitrogens with one attached hydrogen (secondary N) is 1. The van der Waals surface area contributed by atoms with Gasteiger partial charge in [0.05, 0.1) is 35.8 Å². The second kappa shape index (κ2) is 10.7. The minimum atomic E-state index is -4.48. The van der Waals surface area contributed by atoms with Gasteiger partial charge in [0, 0.05) is 5.56 Å². The molecule has 0 bridgehead atoms. The van der Waals surface area contributed by atoms with Gasteiger partial charge < -0.3 is 10.1 Å². The van der Waals surface area contributed by atoms with E-state index in [1.54, 1.807) is 13.8 Å². The minimum Gasteiger partial charge on any atom is -0.370 e. The van der Waals surface area contributed by atoms with Crippen molar-refractivity contribution in [3.8, 4) is 0 Å². The van der Waals surface area contributed by atoms with Crippen LogP contribution >= 0.6 is 0 Å². The second-order valence-electron chi connectivity index (χ2n) is 8.11. The first-order valence-electron chi connectivity index (χ1n) is 10.6. The van der Waals surface area contributed by atoms with E-state index in [0.717, 1.165) is 12.1 Å². The summed E-state index contributed by atoms with van der Waals surface area (Å²) >= 11 is 0. The number of aromatic nitrogens is 2. The second-order valence-corrected chi connectivity index (χ2v) is 8.11. The van der Waals surface area contributed by atoms with Crippen LogP contribution in [0.2, 0.25) is 0 Å². The molecule has 0 spiro atoms. The number of alkyl halides is 7. The van der Waals surface area contributed by atoms with Crippen molar-refractivity contribution < 1.29 is 40.3 Å². The molecule has 0 radical (unpaired) electrons. The summed E-state index contributed by atoms with van der Waals surface area (Å²) in [7, 11) is 0. The number of nitrogens with zero attached hydrogens (tertiary/aromatic N) is 2. The summed E-state index contributed by atoms with van der Waals surface area (Å²) in [5, 5.41) is 7.00. The number of anilines is 1. The van der Waals surface area contributed by atoms with Crippen molar-refractivity contribution in [3.63, 3.8) is 0 Å². The SMILES string of the molecule is Cc1nn(Cc2cccc(C(F)(F)F)c2)c(C)c1NC(=O)c1cccc(COCC(F)(F)C(F)F)c1. The van der Waals surface area contributed by atoms with Crippen molar-refractivity contribution in [1.29, 1.82) is 0 Å². The lowest BCUT2D eigenvalue weighted by atomic mass is 10.1. The number of amides is 1. The van der Waals surface area contributed by atoms with Crippen molar-refractivity contribution >= 4 is 11.6 Å². The molecule has 0 unspecified atom stereocenters. The maximum Gasteiger partial charge on any atom is 0.416 e.